The van der Waals surface area contributed by atoms with Crippen LogP contribution in [0, 0.1) is 11.3 Å². The summed E-state index contributed by atoms with van der Waals surface area (Å²) in [5, 5.41) is 0. The minimum atomic E-state index is -0.335. The SMILES string of the molecule is CCOC(OCC)[C@@H]1CCC(C)(C)CC1=O. The van der Waals surface area contributed by atoms with Gasteiger partial charge in [-0.1, -0.05) is 13.8 Å². The van der Waals surface area contributed by atoms with Crippen molar-refractivity contribution >= 4 is 5.78 Å². The highest BCUT2D eigenvalue weighted by molar-refractivity contribution is 5.82. The Hall–Kier alpha value is -0.410. The van der Waals surface area contributed by atoms with Gasteiger partial charge in [0.1, 0.15) is 5.78 Å². The first-order chi connectivity index (χ1) is 7.50. The van der Waals surface area contributed by atoms with Gasteiger partial charge in [-0.05, 0) is 32.1 Å². The fraction of sp³-hybridized carbons (Fsp3) is 0.923. The molecule has 0 saturated heterocycles. The van der Waals surface area contributed by atoms with Crippen LogP contribution in [0.1, 0.15) is 47.0 Å². The van der Waals surface area contributed by atoms with Crippen molar-refractivity contribution < 1.29 is 14.3 Å². The van der Waals surface area contributed by atoms with E-state index in [-0.39, 0.29) is 17.6 Å². The standard InChI is InChI=1S/C13H24O3/c1-5-15-12(16-6-2)10-7-8-13(3,4)9-11(10)14/h10,12H,5-9H2,1-4H3/t10-/m1/s1. The molecule has 3 nitrogen and oxygen atoms in total. The molecule has 94 valence electrons. The van der Waals surface area contributed by atoms with Gasteiger partial charge in [-0.15, -0.1) is 0 Å². The van der Waals surface area contributed by atoms with Crippen LogP contribution in [-0.2, 0) is 14.3 Å². The summed E-state index contributed by atoms with van der Waals surface area (Å²) < 4.78 is 11.0. The van der Waals surface area contributed by atoms with E-state index in [1.54, 1.807) is 0 Å². The molecular weight excluding hydrogens is 204 g/mol. The number of ether oxygens (including phenoxy) is 2. The molecule has 0 unspecified atom stereocenters. The highest BCUT2D eigenvalue weighted by atomic mass is 16.7. The van der Waals surface area contributed by atoms with E-state index in [2.05, 4.69) is 13.8 Å². The Bertz CT molecular complexity index is 229. The molecule has 0 aromatic heterocycles. The maximum absolute atomic E-state index is 12.0. The summed E-state index contributed by atoms with van der Waals surface area (Å²) in [6, 6.07) is 0. The van der Waals surface area contributed by atoms with Gasteiger partial charge in [0.25, 0.3) is 0 Å². The number of rotatable bonds is 5. The minimum absolute atomic E-state index is 0.0621. The lowest BCUT2D eigenvalue weighted by molar-refractivity contribution is -0.181. The summed E-state index contributed by atoms with van der Waals surface area (Å²) in [4.78, 5) is 12.0. The highest BCUT2D eigenvalue weighted by Crippen LogP contribution is 2.37. The Labute approximate surface area is 98.5 Å². The number of hydrogen-bond donors (Lipinski definition) is 0. The van der Waals surface area contributed by atoms with Crippen LogP contribution in [0.3, 0.4) is 0 Å². The molecule has 1 atom stereocenters. The first kappa shape index (κ1) is 13.7. The van der Waals surface area contributed by atoms with E-state index in [1.807, 2.05) is 13.8 Å². The Morgan fingerprint density at radius 1 is 1.31 bits per heavy atom. The van der Waals surface area contributed by atoms with Crippen molar-refractivity contribution in [2.45, 2.75) is 53.2 Å². The van der Waals surface area contributed by atoms with E-state index in [4.69, 9.17) is 9.47 Å². The van der Waals surface area contributed by atoms with Crippen molar-refractivity contribution in [1.29, 1.82) is 0 Å². The number of hydrogen-bond acceptors (Lipinski definition) is 3. The largest absolute Gasteiger partial charge is 0.352 e. The average Bonchev–Trinajstić information content (AvgIpc) is 2.16. The Morgan fingerprint density at radius 2 is 1.88 bits per heavy atom. The van der Waals surface area contributed by atoms with Gasteiger partial charge in [0.05, 0.1) is 5.92 Å². The molecule has 1 aliphatic rings. The van der Waals surface area contributed by atoms with Crippen LogP contribution in [0.25, 0.3) is 0 Å². The topological polar surface area (TPSA) is 35.5 Å². The van der Waals surface area contributed by atoms with Gasteiger partial charge in [-0.25, -0.2) is 0 Å². The Morgan fingerprint density at radius 3 is 2.31 bits per heavy atom. The van der Waals surface area contributed by atoms with Gasteiger partial charge in [-0.2, -0.15) is 0 Å². The summed E-state index contributed by atoms with van der Waals surface area (Å²) in [6.07, 6.45) is 2.27. The number of Topliss-reactive ketones (excluding diaryl/α,β-unsaturated/α-hetero) is 1. The second kappa shape index (κ2) is 5.78. The molecule has 16 heavy (non-hydrogen) atoms. The van der Waals surface area contributed by atoms with Gasteiger partial charge in [0, 0.05) is 19.6 Å². The van der Waals surface area contributed by atoms with Crippen molar-refractivity contribution in [2.75, 3.05) is 13.2 Å². The minimum Gasteiger partial charge on any atom is -0.352 e. The molecule has 0 radical (unpaired) electrons. The molecule has 3 heteroatoms. The van der Waals surface area contributed by atoms with Crippen molar-refractivity contribution in [3.63, 3.8) is 0 Å². The maximum Gasteiger partial charge on any atom is 0.167 e. The summed E-state index contributed by atoms with van der Waals surface area (Å²) in [6.45, 7) is 9.36. The van der Waals surface area contributed by atoms with Crippen LogP contribution in [0.4, 0.5) is 0 Å². The van der Waals surface area contributed by atoms with E-state index < -0.39 is 0 Å². The third-order valence-corrected chi connectivity index (χ3v) is 3.19. The molecule has 1 saturated carbocycles. The molecule has 1 fully saturated rings. The van der Waals surface area contributed by atoms with Crippen LogP contribution in [0.2, 0.25) is 0 Å². The predicted octanol–water partition coefficient (Wildman–Crippen LogP) is 2.78. The van der Waals surface area contributed by atoms with Gasteiger partial charge in [0.2, 0.25) is 0 Å². The Kier molecular flexibility index (Phi) is 4.93. The van der Waals surface area contributed by atoms with E-state index in [0.29, 0.717) is 25.4 Å². The molecule has 0 heterocycles. The zero-order valence-corrected chi connectivity index (χ0v) is 10.9. The molecule has 1 rings (SSSR count). The molecule has 0 amide bonds. The summed E-state index contributed by atoms with van der Waals surface area (Å²) in [7, 11) is 0. The summed E-state index contributed by atoms with van der Waals surface area (Å²) >= 11 is 0. The van der Waals surface area contributed by atoms with Crippen molar-refractivity contribution in [1.82, 2.24) is 0 Å². The first-order valence-corrected chi connectivity index (χ1v) is 6.26. The maximum atomic E-state index is 12.0. The molecule has 0 aromatic rings. The number of ketones is 1. The molecule has 0 N–H and O–H groups in total. The lowest BCUT2D eigenvalue weighted by Gasteiger charge is -2.36. The average molecular weight is 228 g/mol. The van der Waals surface area contributed by atoms with E-state index in [0.717, 1.165) is 12.8 Å². The predicted molar refractivity (Wildman–Crippen MR) is 63.2 cm³/mol. The van der Waals surface area contributed by atoms with Crippen molar-refractivity contribution in [3.8, 4) is 0 Å². The molecule has 0 bridgehead atoms. The molecule has 0 aliphatic heterocycles. The second-order valence-electron chi connectivity index (χ2n) is 5.23. The second-order valence-corrected chi connectivity index (χ2v) is 5.23. The van der Waals surface area contributed by atoms with Gasteiger partial charge < -0.3 is 9.47 Å². The molecular formula is C13H24O3. The quantitative estimate of drug-likeness (QED) is 0.679. The van der Waals surface area contributed by atoms with E-state index in [9.17, 15) is 4.79 Å². The third kappa shape index (κ3) is 3.56. The molecule has 0 aromatic carbocycles. The van der Waals surface area contributed by atoms with Gasteiger partial charge in [0.15, 0.2) is 6.29 Å². The summed E-state index contributed by atoms with van der Waals surface area (Å²) in [5.74, 6) is 0.232. The fourth-order valence-electron chi connectivity index (χ4n) is 2.30. The first-order valence-electron chi connectivity index (χ1n) is 6.26. The lowest BCUT2D eigenvalue weighted by Crippen LogP contribution is -2.39. The van der Waals surface area contributed by atoms with Crippen molar-refractivity contribution in [3.05, 3.63) is 0 Å². The van der Waals surface area contributed by atoms with Crippen LogP contribution >= 0.6 is 0 Å². The Balaban J connectivity index is 2.61. The van der Waals surface area contributed by atoms with Crippen LogP contribution in [0.5, 0.6) is 0 Å². The van der Waals surface area contributed by atoms with Gasteiger partial charge >= 0.3 is 0 Å². The monoisotopic (exact) mass is 228 g/mol. The fourth-order valence-corrected chi connectivity index (χ4v) is 2.30. The van der Waals surface area contributed by atoms with Crippen LogP contribution in [0.15, 0.2) is 0 Å². The van der Waals surface area contributed by atoms with E-state index >= 15 is 0 Å². The van der Waals surface area contributed by atoms with Crippen molar-refractivity contribution in [2.24, 2.45) is 11.3 Å². The van der Waals surface area contributed by atoms with Crippen LogP contribution in [-0.4, -0.2) is 25.3 Å². The number of carbonyl (C=O) groups is 1. The lowest BCUT2D eigenvalue weighted by atomic mass is 9.72. The normalized spacial score (nSPS) is 25.1. The summed E-state index contributed by atoms with van der Waals surface area (Å²) in [5.41, 5.74) is 0.149. The smallest absolute Gasteiger partial charge is 0.167 e. The molecule has 1 aliphatic carbocycles. The number of carbonyl (C=O) groups excluding carboxylic acids is 1. The third-order valence-electron chi connectivity index (χ3n) is 3.19. The van der Waals surface area contributed by atoms with Crippen LogP contribution < -0.4 is 0 Å². The van der Waals surface area contributed by atoms with E-state index in [1.165, 1.54) is 0 Å². The zero-order valence-electron chi connectivity index (χ0n) is 10.9. The molecule has 0 spiro atoms. The van der Waals surface area contributed by atoms with Gasteiger partial charge in [-0.3, -0.25) is 4.79 Å². The zero-order chi connectivity index (χ0) is 12.2. The highest BCUT2D eigenvalue weighted by Gasteiger charge is 2.38.